The Morgan fingerprint density at radius 3 is 2.45 bits per heavy atom. The van der Waals surface area contributed by atoms with Crippen LogP contribution in [0.2, 0.25) is 0 Å². The quantitative estimate of drug-likeness (QED) is 0.781. The molecule has 0 radical (unpaired) electrons. The highest BCUT2D eigenvalue weighted by Crippen LogP contribution is 2.30. The summed E-state index contributed by atoms with van der Waals surface area (Å²) in [5, 5.41) is 16.2. The maximum absolute atomic E-state index is 12.5. The van der Waals surface area contributed by atoms with Gasteiger partial charge >= 0.3 is 6.18 Å². The van der Waals surface area contributed by atoms with Crippen molar-refractivity contribution < 1.29 is 18.3 Å². The van der Waals surface area contributed by atoms with Crippen molar-refractivity contribution in [1.82, 2.24) is 14.6 Å². The number of hydrogen-bond donors (Lipinski definition) is 2. The molecule has 0 unspecified atom stereocenters. The molecular weight excluding hydrogens is 297 g/mol. The van der Waals surface area contributed by atoms with Crippen molar-refractivity contribution in [1.29, 1.82) is 0 Å². The monoisotopic (exact) mass is 308 g/mol. The highest BCUT2D eigenvalue weighted by molar-refractivity contribution is 5.56. The standard InChI is InChI=1S/C14H11F3N4O/c15-14(16,17)9-4-6-10(7-5-9)18-13-19-12-3-1-2-11(8-22)21(12)20-13/h1-7,22H,8H2,(H,18,20). The summed E-state index contributed by atoms with van der Waals surface area (Å²) in [4.78, 5) is 4.20. The van der Waals surface area contributed by atoms with Gasteiger partial charge < -0.3 is 10.4 Å². The lowest BCUT2D eigenvalue weighted by molar-refractivity contribution is -0.137. The molecular formula is C14H11F3N4O. The first-order valence-corrected chi connectivity index (χ1v) is 6.37. The Bertz CT molecular complexity index is 796. The van der Waals surface area contributed by atoms with Gasteiger partial charge in [0.2, 0.25) is 5.95 Å². The highest BCUT2D eigenvalue weighted by atomic mass is 19.4. The lowest BCUT2D eigenvalue weighted by atomic mass is 10.2. The molecule has 0 spiro atoms. The predicted molar refractivity (Wildman–Crippen MR) is 73.6 cm³/mol. The van der Waals surface area contributed by atoms with Crippen LogP contribution in [0.3, 0.4) is 0 Å². The molecule has 3 rings (SSSR count). The Kier molecular flexibility index (Phi) is 3.45. The van der Waals surface area contributed by atoms with Crippen LogP contribution in [0.15, 0.2) is 42.5 Å². The molecule has 0 aliphatic carbocycles. The summed E-state index contributed by atoms with van der Waals surface area (Å²) in [6.07, 6.45) is -4.37. The average molecular weight is 308 g/mol. The van der Waals surface area contributed by atoms with Gasteiger partial charge in [-0.3, -0.25) is 0 Å². The number of hydrogen-bond acceptors (Lipinski definition) is 4. The van der Waals surface area contributed by atoms with Crippen molar-refractivity contribution in [2.75, 3.05) is 5.32 Å². The van der Waals surface area contributed by atoms with Gasteiger partial charge in [0.1, 0.15) is 0 Å². The molecule has 3 aromatic rings. The third kappa shape index (κ3) is 2.73. The Balaban J connectivity index is 1.87. The first kappa shape index (κ1) is 14.3. The van der Waals surface area contributed by atoms with Crippen molar-refractivity contribution in [3.05, 3.63) is 53.7 Å². The number of halogens is 3. The zero-order valence-corrected chi connectivity index (χ0v) is 11.2. The Hall–Kier alpha value is -2.61. The number of aromatic nitrogens is 3. The lowest BCUT2D eigenvalue weighted by Gasteiger charge is -2.07. The fraction of sp³-hybridized carbons (Fsp3) is 0.143. The summed E-state index contributed by atoms with van der Waals surface area (Å²) >= 11 is 0. The van der Waals surface area contributed by atoms with Gasteiger partial charge in [0.25, 0.3) is 0 Å². The van der Waals surface area contributed by atoms with Gasteiger partial charge in [-0.2, -0.15) is 18.2 Å². The number of pyridine rings is 1. The second-order valence-electron chi connectivity index (χ2n) is 4.58. The maximum atomic E-state index is 12.5. The highest BCUT2D eigenvalue weighted by Gasteiger charge is 2.29. The van der Waals surface area contributed by atoms with Gasteiger partial charge in [-0.25, -0.2) is 4.52 Å². The molecule has 0 aliphatic heterocycles. The summed E-state index contributed by atoms with van der Waals surface area (Å²) in [5.74, 6) is 0.237. The van der Waals surface area contributed by atoms with Gasteiger partial charge in [0, 0.05) is 5.69 Å². The summed E-state index contributed by atoms with van der Waals surface area (Å²) in [7, 11) is 0. The number of nitrogens with zero attached hydrogens (tertiary/aromatic N) is 3. The van der Waals surface area contributed by atoms with Gasteiger partial charge in [-0.1, -0.05) is 6.07 Å². The number of aliphatic hydroxyl groups is 1. The summed E-state index contributed by atoms with van der Waals surface area (Å²) < 4.78 is 39.0. The van der Waals surface area contributed by atoms with Crippen LogP contribution >= 0.6 is 0 Å². The van der Waals surface area contributed by atoms with E-state index in [-0.39, 0.29) is 12.6 Å². The van der Waals surface area contributed by atoms with E-state index in [2.05, 4.69) is 15.4 Å². The SMILES string of the molecule is OCc1cccc2nc(Nc3ccc(C(F)(F)F)cc3)nn12. The van der Waals surface area contributed by atoms with E-state index in [4.69, 9.17) is 0 Å². The van der Waals surface area contributed by atoms with E-state index in [0.717, 1.165) is 12.1 Å². The fourth-order valence-corrected chi connectivity index (χ4v) is 2.00. The van der Waals surface area contributed by atoms with Crippen LogP contribution in [0.4, 0.5) is 24.8 Å². The molecule has 1 aromatic carbocycles. The average Bonchev–Trinajstić information content (AvgIpc) is 2.89. The Morgan fingerprint density at radius 1 is 1.09 bits per heavy atom. The molecule has 2 heterocycles. The number of anilines is 2. The van der Waals surface area contributed by atoms with Crippen LogP contribution in [-0.2, 0) is 12.8 Å². The van der Waals surface area contributed by atoms with E-state index in [1.54, 1.807) is 18.2 Å². The molecule has 5 nitrogen and oxygen atoms in total. The number of nitrogens with one attached hydrogen (secondary N) is 1. The van der Waals surface area contributed by atoms with Gasteiger partial charge in [-0.05, 0) is 36.4 Å². The number of fused-ring (bicyclic) bond motifs is 1. The van der Waals surface area contributed by atoms with E-state index >= 15 is 0 Å². The summed E-state index contributed by atoms with van der Waals surface area (Å²) in [5.41, 5.74) is 0.810. The normalized spacial score (nSPS) is 11.8. The topological polar surface area (TPSA) is 62.5 Å². The zero-order chi connectivity index (χ0) is 15.7. The number of benzene rings is 1. The van der Waals surface area contributed by atoms with Gasteiger partial charge in [0.15, 0.2) is 5.65 Å². The first-order chi connectivity index (χ1) is 10.5. The van der Waals surface area contributed by atoms with E-state index in [1.165, 1.54) is 16.6 Å². The number of alkyl halides is 3. The molecule has 0 aliphatic rings. The molecule has 0 bridgehead atoms. The number of rotatable bonds is 3. The smallest absolute Gasteiger partial charge is 0.390 e. The van der Waals surface area contributed by atoms with E-state index in [9.17, 15) is 18.3 Å². The minimum Gasteiger partial charge on any atom is -0.390 e. The Morgan fingerprint density at radius 2 is 1.82 bits per heavy atom. The van der Waals surface area contributed by atoms with Crippen molar-refractivity contribution in [2.45, 2.75) is 12.8 Å². The predicted octanol–water partition coefficient (Wildman–Crippen LogP) is 2.98. The molecule has 2 aromatic heterocycles. The number of aliphatic hydroxyl groups excluding tert-OH is 1. The van der Waals surface area contributed by atoms with Crippen LogP contribution < -0.4 is 5.32 Å². The van der Waals surface area contributed by atoms with Gasteiger partial charge in [0.05, 0.1) is 17.9 Å². The Labute approximate surface area is 123 Å². The first-order valence-electron chi connectivity index (χ1n) is 6.37. The van der Waals surface area contributed by atoms with Crippen LogP contribution in [0.1, 0.15) is 11.3 Å². The molecule has 0 amide bonds. The molecule has 114 valence electrons. The largest absolute Gasteiger partial charge is 0.416 e. The third-order valence-corrected chi connectivity index (χ3v) is 3.07. The van der Waals surface area contributed by atoms with Crippen molar-refractivity contribution in [3.63, 3.8) is 0 Å². The van der Waals surface area contributed by atoms with Crippen LogP contribution in [0.5, 0.6) is 0 Å². The molecule has 0 saturated carbocycles. The second-order valence-corrected chi connectivity index (χ2v) is 4.58. The maximum Gasteiger partial charge on any atom is 0.416 e. The van der Waals surface area contributed by atoms with E-state index in [1.807, 2.05) is 0 Å². The van der Waals surface area contributed by atoms with Crippen LogP contribution in [0.25, 0.3) is 5.65 Å². The molecule has 0 fully saturated rings. The zero-order valence-electron chi connectivity index (χ0n) is 11.2. The lowest BCUT2D eigenvalue weighted by Crippen LogP contribution is -2.04. The third-order valence-electron chi connectivity index (χ3n) is 3.07. The molecule has 22 heavy (non-hydrogen) atoms. The summed E-state index contributed by atoms with van der Waals surface area (Å²) in [6.45, 7) is -0.194. The van der Waals surface area contributed by atoms with Crippen molar-refractivity contribution in [3.8, 4) is 0 Å². The second kappa shape index (κ2) is 5.30. The summed E-state index contributed by atoms with van der Waals surface area (Å²) in [6, 6.07) is 9.72. The van der Waals surface area contributed by atoms with E-state index in [0.29, 0.717) is 17.0 Å². The van der Waals surface area contributed by atoms with Crippen molar-refractivity contribution in [2.24, 2.45) is 0 Å². The molecule has 2 N–H and O–H groups in total. The minimum absolute atomic E-state index is 0.194. The fourth-order valence-electron chi connectivity index (χ4n) is 2.00. The molecule has 8 heteroatoms. The van der Waals surface area contributed by atoms with E-state index < -0.39 is 11.7 Å². The molecule has 0 atom stereocenters. The van der Waals surface area contributed by atoms with Crippen LogP contribution in [0, 0.1) is 0 Å². The molecule has 0 saturated heterocycles. The van der Waals surface area contributed by atoms with Crippen LogP contribution in [-0.4, -0.2) is 19.7 Å². The minimum atomic E-state index is -4.37. The van der Waals surface area contributed by atoms with Gasteiger partial charge in [-0.15, -0.1) is 5.10 Å². The van der Waals surface area contributed by atoms with Crippen molar-refractivity contribution >= 4 is 17.3 Å².